The van der Waals surface area contributed by atoms with Crippen LogP contribution in [0, 0.1) is 11.8 Å². The largest absolute Gasteiger partial charge is 0.497 e. The van der Waals surface area contributed by atoms with Crippen molar-refractivity contribution in [3.8, 4) is 17.6 Å². The molecule has 2 aliphatic rings. The van der Waals surface area contributed by atoms with Gasteiger partial charge in [0.1, 0.15) is 5.75 Å². The first-order chi connectivity index (χ1) is 20.6. The van der Waals surface area contributed by atoms with Crippen LogP contribution in [-0.4, -0.2) is 82.5 Å². The molecule has 2 N–H and O–H groups in total. The highest BCUT2D eigenvalue weighted by atomic mass is 16.5. The molecule has 0 bridgehead atoms. The van der Waals surface area contributed by atoms with Crippen molar-refractivity contribution < 1.29 is 14.3 Å². The van der Waals surface area contributed by atoms with Gasteiger partial charge in [0, 0.05) is 49.5 Å². The fraction of sp³-hybridized carbons (Fsp3) is 0.400. The summed E-state index contributed by atoms with van der Waals surface area (Å²) in [5, 5.41) is 6.64. The fourth-order valence-electron chi connectivity index (χ4n) is 4.88. The third kappa shape index (κ3) is 10.5. The molecule has 2 amide bonds. The summed E-state index contributed by atoms with van der Waals surface area (Å²) >= 11 is 0. The number of carbonyl (C=O) groups excluding carboxylic acids is 1. The summed E-state index contributed by atoms with van der Waals surface area (Å²) in [6.07, 6.45) is 2.94. The van der Waals surface area contributed by atoms with Gasteiger partial charge in [-0.3, -0.25) is 0 Å². The third-order valence-corrected chi connectivity index (χ3v) is 7.54. The van der Waals surface area contributed by atoms with E-state index in [-0.39, 0.29) is 6.03 Å². The molecule has 2 heterocycles. The van der Waals surface area contributed by atoms with Crippen molar-refractivity contribution in [2.75, 3.05) is 72.0 Å². The smallest absolute Gasteiger partial charge is 0.321 e. The Balaban J connectivity index is 0.000000507. The lowest BCUT2D eigenvalue weighted by molar-refractivity contribution is 0.0503. The number of likely N-dealkylation sites (N-methyl/N-ethyl adjacent to an activating group) is 1. The summed E-state index contributed by atoms with van der Waals surface area (Å²) in [6.45, 7) is 7.36. The van der Waals surface area contributed by atoms with E-state index in [1.54, 1.807) is 7.11 Å². The van der Waals surface area contributed by atoms with Gasteiger partial charge in [-0.2, -0.15) is 0 Å². The van der Waals surface area contributed by atoms with Gasteiger partial charge < -0.3 is 29.9 Å². The summed E-state index contributed by atoms with van der Waals surface area (Å²) in [5.74, 6) is 7.57. The van der Waals surface area contributed by atoms with Gasteiger partial charge in [-0.1, -0.05) is 42.2 Å². The van der Waals surface area contributed by atoms with Crippen LogP contribution in [0.1, 0.15) is 41.9 Å². The zero-order chi connectivity index (χ0) is 29.4. The molecule has 0 spiro atoms. The van der Waals surface area contributed by atoms with Crippen LogP contribution in [0.3, 0.4) is 0 Å². The molecule has 0 saturated carbocycles. The normalized spacial score (nSPS) is 18.0. The maximum Gasteiger partial charge on any atom is 0.321 e. The van der Waals surface area contributed by atoms with E-state index >= 15 is 0 Å². The number of amides is 2. The first-order valence-electron chi connectivity index (χ1n) is 14.9. The Hall–Kier alpha value is -3.83. The van der Waals surface area contributed by atoms with Crippen molar-refractivity contribution in [2.24, 2.45) is 0 Å². The molecule has 1 atom stereocenters. The summed E-state index contributed by atoms with van der Waals surface area (Å²) < 4.78 is 10.3. The maximum absolute atomic E-state index is 13.0. The van der Waals surface area contributed by atoms with Crippen LogP contribution in [0.25, 0.3) is 0 Å². The molecule has 0 aromatic heterocycles. The highest BCUT2D eigenvalue weighted by molar-refractivity contribution is 5.89. The monoisotopic (exact) mass is 568 g/mol. The number of morpholine rings is 1. The number of nitrogens with one attached hydrogen (secondary N) is 2. The zero-order valence-electron chi connectivity index (χ0n) is 25.0. The highest BCUT2D eigenvalue weighted by Gasteiger charge is 2.19. The van der Waals surface area contributed by atoms with Crippen molar-refractivity contribution in [1.29, 1.82) is 0 Å². The first-order valence-corrected chi connectivity index (χ1v) is 14.9. The van der Waals surface area contributed by atoms with Crippen LogP contribution in [-0.2, 0) is 4.74 Å². The summed E-state index contributed by atoms with van der Waals surface area (Å²) in [6, 6.07) is 26.0. The molecule has 0 aliphatic carbocycles. The Morgan fingerprint density at radius 1 is 0.881 bits per heavy atom. The van der Waals surface area contributed by atoms with Gasteiger partial charge in [0.2, 0.25) is 0 Å². The summed E-state index contributed by atoms with van der Waals surface area (Å²) in [4.78, 5) is 17.2. The number of benzene rings is 3. The number of methoxy groups -OCH3 is 1. The highest BCUT2D eigenvalue weighted by Crippen LogP contribution is 2.22. The van der Waals surface area contributed by atoms with Gasteiger partial charge in [0.15, 0.2) is 0 Å². The molecule has 7 heteroatoms. The Kier molecular flexibility index (Phi) is 12.7. The molecule has 7 nitrogen and oxygen atoms in total. The maximum atomic E-state index is 13.0. The molecule has 0 radical (unpaired) electrons. The van der Waals surface area contributed by atoms with E-state index < -0.39 is 0 Å². The van der Waals surface area contributed by atoms with Gasteiger partial charge >= 0.3 is 6.03 Å². The van der Waals surface area contributed by atoms with Gasteiger partial charge in [0.05, 0.1) is 20.3 Å². The molecule has 3 aromatic carbocycles. The van der Waals surface area contributed by atoms with Gasteiger partial charge in [-0.05, 0) is 92.9 Å². The standard InChI is InChI=1S/C30H33N3O2.C5H11NO/c1-35-29-17-15-28(16-18-29)32-30(34)33-21-6-5-20-31-23-27(19-22-33)26-13-11-25(12-14-26)10-9-24-7-3-2-4-8-24;1-6-2-4-7-5-3-6/h2-4,7-8,11-18,27,31H,5-6,19-23H2,1H3,(H,32,34);2-5H2,1H3/t27-;/m1./s1. The molecule has 2 saturated heterocycles. The molecule has 3 aromatic rings. The van der Waals surface area contributed by atoms with E-state index in [0.717, 1.165) is 87.8 Å². The number of anilines is 1. The minimum atomic E-state index is -0.0472. The average molecular weight is 569 g/mol. The number of urea groups is 1. The van der Waals surface area contributed by atoms with Crippen molar-refractivity contribution in [3.05, 3.63) is 95.6 Å². The Morgan fingerprint density at radius 3 is 2.21 bits per heavy atom. The lowest BCUT2D eigenvalue weighted by Crippen LogP contribution is -2.39. The number of hydrogen-bond acceptors (Lipinski definition) is 5. The van der Waals surface area contributed by atoms with Crippen LogP contribution in [0.5, 0.6) is 5.75 Å². The number of rotatable bonds is 3. The molecule has 0 unspecified atom stereocenters. The lowest BCUT2D eigenvalue weighted by atomic mass is 9.94. The molecular formula is C35H44N4O3. The van der Waals surface area contributed by atoms with Crippen LogP contribution in [0.15, 0.2) is 78.9 Å². The van der Waals surface area contributed by atoms with Gasteiger partial charge in [-0.25, -0.2) is 4.79 Å². The predicted molar refractivity (Wildman–Crippen MR) is 170 cm³/mol. The summed E-state index contributed by atoms with van der Waals surface area (Å²) in [7, 11) is 3.75. The first kappa shape index (κ1) is 31.1. The SMILES string of the molecule is CN1CCOCC1.COc1ccc(NC(=O)N2CCCCNC[C@H](c3ccc(C#Cc4ccccc4)cc3)CC2)cc1. The van der Waals surface area contributed by atoms with E-state index in [0.29, 0.717) is 12.5 Å². The molecule has 2 aliphatic heterocycles. The fourth-order valence-corrected chi connectivity index (χ4v) is 4.88. The topological polar surface area (TPSA) is 66.1 Å². The lowest BCUT2D eigenvalue weighted by Gasteiger charge is -2.28. The van der Waals surface area contributed by atoms with E-state index in [4.69, 9.17) is 9.47 Å². The summed E-state index contributed by atoms with van der Waals surface area (Å²) in [5.41, 5.74) is 4.07. The molecular weight excluding hydrogens is 524 g/mol. The van der Waals surface area contributed by atoms with E-state index in [9.17, 15) is 4.79 Å². The third-order valence-electron chi connectivity index (χ3n) is 7.54. The van der Waals surface area contributed by atoms with Crippen LogP contribution in [0.4, 0.5) is 10.5 Å². The Morgan fingerprint density at radius 2 is 1.57 bits per heavy atom. The molecule has 222 valence electrons. The van der Waals surface area contributed by atoms with Crippen molar-refractivity contribution >= 4 is 11.7 Å². The zero-order valence-corrected chi connectivity index (χ0v) is 25.0. The quantitative estimate of drug-likeness (QED) is 0.413. The Labute approximate surface area is 251 Å². The number of hydrogen-bond donors (Lipinski definition) is 2. The van der Waals surface area contributed by atoms with Gasteiger partial charge in [-0.15, -0.1) is 0 Å². The number of nitrogens with zero attached hydrogens (tertiary/aromatic N) is 2. The Bertz CT molecular complexity index is 1260. The second-order valence-corrected chi connectivity index (χ2v) is 10.7. The van der Waals surface area contributed by atoms with Crippen LogP contribution >= 0.6 is 0 Å². The second-order valence-electron chi connectivity index (χ2n) is 10.7. The van der Waals surface area contributed by atoms with E-state index in [2.05, 4.69) is 58.7 Å². The van der Waals surface area contributed by atoms with Crippen LogP contribution in [0.2, 0.25) is 0 Å². The predicted octanol–water partition coefficient (Wildman–Crippen LogP) is 5.43. The van der Waals surface area contributed by atoms with Crippen molar-refractivity contribution in [3.63, 3.8) is 0 Å². The van der Waals surface area contributed by atoms with E-state index in [1.807, 2.05) is 59.5 Å². The number of carbonyl (C=O) groups is 1. The van der Waals surface area contributed by atoms with Crippen LogP contribution < -0.4 is 15.4 Å². The minimum absolute atomic E-state index is 0.0472. The van der Waals surface area contributed by atoms with Crippen molar-refractivity contribution in [2.45, 2.75) is 25.2 Å². The second kappa shape index (κ2) is 17.2. The molecule has 42 heavy (non-hydrogen) atoms. The van der Waals surface area contributed by atoms with E-state index in [1.165, 1.54) is 5.56 Å². The molecule has 2 fully saturated rings. The number of ether oxygens (including phenoxy) is 2. The van der Waals surface area contributed by atoms with Crippen molar-refractivity contribution in [1.82, 2.24) is 15.1 Å². The molecule has 5 rings (SSSR count). The minimum Gasteiger partial charge on any atom is -0.497 e. The average Bonchev–Trinajstić information content (AvgIpc) is 3.04. The van der Waals surface area contributed by atoms with Gasteiger partial charge in [0.25, 0.3) is 0 Å².